The third kappa shape index (κ3) is 4.76. The molecule has 5 nitrogen and oxygen atoms in total. The van der Waals surface area contributed by atoms with Gasteiger partial charge in [-0.2, -0.15) is 4.31 Å². The Morgan fingerprint density at radius 2 is 1.95 bits per heavy atom. The predicted octanol–water partition coefficient (Wildman–Crippen LogP) is 1.31. The number of piperidine rings is 1. The largest absolute Gasteiger partial charge is 0.341 e. The number of carbonyl (C=O) groups excluding carboxylic acids is 1. The quantitative estimate of drug-likeness (QED) is 0.787. The molecule has 0 saturated carbocycles. The molecule has 0 radical (unpaired) electrons. The zero-order valence-electron chi connectivity index (χ0n) is 12.6. The van der Waals surface area contributed by atoms with Crippen LogP contribution in [0.3, 0.4) is 0 Å². The van der Waals surface area contributed by atoms with Gasteiger partial charge >= 0.3 is 0 Å². The standard InChI is InChI=1S/C13H26N2O3S/c1-11-7-6-8-14(9-11)12(16)10-15(13(2,3)4)19(5,17)18/h11H,6-10H2,1-5H3. The normalized spacial score (nSPS) is 21.8. The zero-order valence-corrected chi connectivity index (χ0v) is 13.5. The summed E-state index contributed by atoms with van der Waals surface area (Å²) in [6.45, 7) is 8.96. The first-order valence-electron chi connectivity index (χ1n) is 6.77. The first kappa shape index (κ1) is 16.4. The molecule has 0 N–H and O–H groups in total. The van der Waals surface area contributed by atoms with Crippen LogP contribution in [0, 0.1) is 5.92 Å². The van der Waals surface area contributed by atoms with Crippen LogP contribution in [-0.2, 0) is 14.8 Å². The lowest BCUT2D eigenvalue weighted by molar-refractivity contribution is -0.133. The van der Waals surface area contributed by atoms with Crippen LogP contribution in [0.4, 0.5) is 0 Å². The van der Waals surface area contributed by atoms with Gasteiger partial charge in [-0.05, 0) is 39.5 Å². The van der Waals surface area contributed by atoms with Crippen LogP contribution in [0.2, 0.25) is 0 Å². The molecule has 1 saturated heterocycles. The Balaban J connectivity index is 2.77. The number of amides is 1. The van der Waals surface area contributed by atoms with Crippen molar-refractivity contribution in [3.8, 4) is 0 Å². The smallest absolute Gasteiger partial charge is 0.237 e. The van der Waals surface area contributed by atoms with E-state index >= 15 is 0 Å². The van der Waals surface area contributed by atoms with Crippen molar-refractivity contribution in [3.05, 3.63) is 0 Å². The highest BCUT2D eigenvalue weighted by atomic mass is 32.2. The van der Waals surface area contributed by atoms with Crippen molar-refractivity contribution in [1.29, 1.82) is 0 Å². The summed E-state index contributed by atoms with van der Waals surface area (Å²) in [5.74, 6) is 0.408. The van der Waals surface area contributed by atoms with Crippen molar-refractivity contribution < 1.29 is 13.2 Å². The monoisotopic (exact) mass is 290 g/mol. The van der Waals surface area contributed by atoms with Gasteiger partial charge in [0.05, 0.1) is 12.8 Å². The summed E-state index contributed by atoms with van der Waals surface area (Å²) in [5, 5.41) is 0. The lowest BCUT2D eigenvalue weighted by Crippen LogP contribution is -2.52. The van der Waals surface area contributed by atoms with E-state index < -0.39 is 15.6 Å². The van der Waals surface area contributed by atoms with Crippen molar-refractivity contribution >= 4 is 15.9 Å². The summed E-state index contributed by atoms with van der Waals surface area (Å²) in [5.41, 5.74) is -0.579. The summed E-state index contributed by atoms with van der Waals surface area (Å²) >= 11 is 0. The zero-order chi connectivity index (χ0) is 14.8. The van der Waals surface area contributed by atoms with Crippen LogP contribution in [0.1, 0.15) is 40.5 Å². The fourth-order valence-corrected chi connectivity index (χ4v) is 3.83. The van der Waals surface area contributed by atoms with Gasteiger partial charge in [0.25, 0.3) is 0 Å². The van der Waals surface area contributed by atoms with E-state index in [1.807, 2.05) is 0 Å². The van der Waals surface area contributed by atoms with E-state index in [1.165, 1.54) is 4.31 Å². The van der Waals surface area contributed by atoms with Gasteiger partial charge in [0.15, 0.2) is 0 Å². The molecule has 1 atom stereocenters. The van der Waals surface area contributed by atoms with E-state index in [-0.39, 0.29) is 12.5 Å². The third-order valence-electron chi connectivity index (χ3n) is 3.44. The van der Waals surface area contributed by atoms with Gasteiger partial charge in [-0.25, -0.2) is 8.42 Å². The summed E-state index contributed by atoms with van der Waals surface area (Å²) in [7, 11) is -3.38. The molecule has 1 amide bonds. The number of carbonyl (C=O) groups is 1. The number of likely N-dealkylation sites (tertiary alicyclic amines) is 1. The van der Waals surface area contributed by atoms with E-state index in [0.29, 0.717) is 5.92 Å². The SMILES string of the molecule is CC1CCCN(C(=O)CN(C(C)(C)C)S(C)(=O)=O)C1. The Labute approximate surface area is 117 Å². The number of rotatable bonds is 3. The maximum Gasteiger partial charge on any atom is 0.237 e. The molecule has 0 aromatic heterocycles. The van der Waals surface area contributed by atoms with Gasteiger partial charge in [-0.1, -0.05) is 6.92 Å². The molecule has 1 fully saturated rings. The van der Waals surface area contributed by atoms with Crippen molar-refractivity contribution in [2.24, 2.45) is 5.92 Å². The summed E-state index contributed by atoms with van der Waals surface area (Å²) in [6.07, 6.45) is 3.30. The second-order valence-corrected chi connectivity index (χ2v) is 8.43. The topological polar surface area (TPSA) is 57.7 Å². The van der Waals surface area contributed by atoms with Crippen LogP contribution >= 0.6 is 0 Å². The minimum atomic E-state index is -3.38. The Bertz CT molecular complexity index is 426. The summed E-state index contributed by atoms with van der Waals surface area (Å²) in [4.78, 5) is 14.1. The van der Waals surface area contributed by atoms with Gasteiger partial charge in [0.2, 0.25) is 15.9 Å². The van der Waals surface area contributed by atoms with Crippen molar-refractivity contribution in [3.63, 3.8) is 0 Å². The second kappa shape index (κ2) is 5.79. The minimum Gasteiger partial charge on any atom is -0.341 e. The van der Waals surface area contributed by atoms with Crippen molar-refractivity contribution in [1.82, 2.24) is 9.21 Å². The van der Waals surface area contributed by atoms with Gasteiger partial charge in [0.1, 0.15) is 0 Å². The van der Waals surface area contributed by atoms with Crippen LogP contribution in [0.25, 0.3) is 0 Å². The molecule has 0 bridgehead atoms. The molecule has 112 valence electrons. The second-order valence-electron chi connectivity index (χ2n) is 6.53. The maximum atomic E-state index is 12.3. The third-order valence-corrected chi connectivity index (χ3v) is 4.91. The Morgan fingerprint density at radius 3 is 2.37 bits per heavy atom. The van der Waals surface area contributed by atoms with Crippen molar-refractivity contribution in [2.75, 3.05) is 25.9 Å². The van der Waals surface area contributed by atoms with E-state index in [4.69, 9.17) is 0 Å². The molecule has 1 rings (SSSR count). The van der Waals surface area contributed by atoms with E-state index in [1.54, 1.807) is 25.7 Å². The van der Waals surface area contributed by atoms with Crippen LogP contribution in [0.15, 0.2) is 0 Å². The Hall–Kier alpha value is -0.620. The molecule has 0 aromatic carbocycles. The summed E-state index contributed by atoms with van der Waals surface area (Å²) < 4.78 is 24.9. The fourth-order valence-electron chi connectivity index (χ4n) is 2.49. The highest BCUT2D eigenvalue weighted by Crippen LogP contribution is 2.20. The lowest BCUT2D eigenvalue weighted by Gasteiger charge is -2.36. The molecule has 1 heterocycles. The fraction of sp³-hybridized carbons (Fsp3) is 0.923. The van der Waals surface area contributed by atoms with Gasteiger partial charge in [-0.3, -0.25) is 4.79 Å². The Kier molecular flexibility index (Phi) is 5.01. The van der Waals surface area contributed by atoms with Gasteiger partial charge < -0.3 is 4.90 Å². The molecule has 0 aliphatic carbocycles. The molecule has 0 aromatic rings. The number of sulfonamides is 1. The molecule has 0 spiro atoms. The van der Waals surface area contributed by atoms with Crippen LogP contribution in [0.5, 0.6) is 0 Å². The van der Waals surface area contributed by atoms with E-state index in [0.717, 1.165) is 32.2 Å². The molecule has 19 heavy (non-hydrogen) atoms. The average Bonchev–Trinajstić information content (AvgIpc) is 2.22. The van der Waals surface area contributed by atoms with Gasteiger partial charge in [-0.15, -0.1) is 0 Å². The van der Waals surface area contributed by atoms with E-state index in [2.05, 4.69) is 6.92 Å². The lowest BCUT2D eigenvalue weighted by atomic mass is 10.0. The van der Waals surface area contributed by atoms with Crippen molar-refractivity contribution in [2.45, 2.75) is 46.1 Å². The van der Waals surface area contributed by atoms with E-state index in [9.17, 15) is 13.2 Å². The number of hydrogen-bond donors (Lipinski definition) is 0. The minimum absolute atomic E-state index is 0.0605. The number of nitrogens with zero attached hydrogens (tertiary/aromatic N) is 2. The first-order valence-corrected chi connectivity index (χ1v) is 8.62. The molecular formula is C13H26N2O3S. The van der Waals surface area contributed by atoms with Crippen LogP contribution in [-0.4, -0.2) is 55.0 Å². The van der Waals surface area contributed by atoms with Gasteiger partial charge in [0, 0.05) is 18.6 Å². The van der Waals surface area contributed by atoms with Crippen LogP contribution < -0.4 is 0 Å². The molecule has 1 aliphatic rings. The maximum absolute atomic E-state index is 12.3. The Morgan fingerprint density at radius 1 is 1.37 bits per heavy atom. The molecule has 6 heteroatoms. The molecular weight excluding hydrogens is 264 g/mol. The first-order chi connectivity index (χ1) is 8.51. The highest BCUT2D eigenvalue weighted by Gasteiger charge is 2.33. The predicted molar refractivity (Wildman–Crippen MR) is 76.3 cm³/mol. The molecule has 1 unspecified atom stereocenters. The highest BCUT2D eigenvalue weighted by molar-refractivity contribution is 7.88. The summed E-state index contributed by atoms with van der Waals surface area (Å²) in [6, 6.07) is 0. The average molecular weight is 290 g/mol. The number of hydrogen-bond acceptors (Lipinski definition) is 3. The molecule has 1 aliphatic heterocycles.